The van der Waals surface area contributed by atoms with E-state index in [-0.39, 0.29) is 24.0 Å². The smallest absolute Gasteiger partial charge is 0.191 e. The molecule has 0 spiro atoms. The van der Waals surface area contributed by atoms with Gasteiger partial charge in [0.1, 0.15) is 10.8 Å². The van der Waals surface area contributed by atoms with Crippen LogP contribution in [0, 0.1) is 13.8 Å². The standard InChI is InChI=1S/C18H26N6S.HI/c1-13-14(2)25-17(22-13)12-21-18(19-3)23-15-7-10-24(11-8-15)16-6-4-5-9-20-16;/h4-6,9,15H,7-8,10-12H2,1-3H3,(H2,19,21,23);1H. The number of nitrogens with zero attached hydrogens (tertiary/aromatic N) is 4. The van der Waals surface area contributed by atoms with Crippen LogP contribution in [0.25, 0.3) is 0 Å². The number of hydrogen-bond acceptors (Lipinski definition) is 5. The lowest BCUT2D eigenvalue weighted by Crippen LogP contribution is -2.48. The van der Waals surface area contributed by atoms with Gasteiger partial charge >= 0.3 is 0 Å². The maximum absolute atomic E-state index is 4.57. The molecule has 26 heavy (non-hydrogen) atoms. The van der Waals surface area contributed by atoms with E-state index in [9.17, 15) is 0 Å². The lowest BCUT2D eigenvalue weighted by molar-refractivity contribution is 0.459. The summed E-state index contributed by atoms with van der Waals surface area (Å²) in [4.78, 5) is 17.0. The van der Waals surface area contributed by atoms with Crippen LogP contribution in [0.15, 0.2) is 29.4 Å². The third-order valence-electron chi connectivity index (χ3n) is 4.51. The summed E-state index contributed by atoms with van der Waals surface area (Å²) in [7, 11) is 1.82. The number of aliphatic imine (C=N–C) groups is 1. The van der Waals surface area contributed by atoms with Crippen molar-refractivity contribution in [2.75, 3.05) is 25.0 Å². The first-order valence-corrected chi connectivity index (χ1v) is 9.53. The van der Waals surface area contributed by atoms with E-state index in [0.29, 0.717) is 12.6 Å². The molecule has 0 radical (unpaired) electrons. The molecule has 1 fully saturated rings. The highest BCUT2D eigenvalue weighted by molar-refractivity contribution is 14.0. The number of anilines is 1. The second-order valence-corrected chi connectivity index (χ2v) is 7.56. The van der Waals surface area contributed by atoms with Crippen LogP contribution in [-0.4, -0.2) is 42.1 Å². The van der Waals surface area contributed by atoms with Crippen LogP contribution in [0.4, 0.5) is 5.82 Å². The van der Waals surface area contributed by atoms with E-state index < -0.39 is 0 Å². The van der Waals surface area contributed by atoms with Crippen molar-refractivity contribution in [3.8, 4) is 0 Å². The molecule has 2 N–H and O–H groups in total. The zero-order valence-corrected chi connectivity index (χ0v) is 18.7. The van der Waals surface area contributed by atoms with Crippen LogP contribution >= 0.6 is 35.3 Å². The van der Waals surface area contributed by atoms with Crippen molar-refractivity contribution in [2.45, 2.75) is 39.3 Å². The molecule has 0 aliphatic carbocycles. The maximum atomic E-state index is 4.57. The molecule has 0 aromatic carbocycles. The minimum absolute atomic E-state index is 0. The van der Waals surface area contributed by atoms with Crippen LogP contribution in [0.2, 0.25) is 0 Å². The Morgan fingerprint density at radius 3 is 2.65 bits per heavy atom. The summed E-state index contributed by atoms with van der Waals surface area (Å²) in [5.41, 5.74) is 1.12. The number of piperidine rings is 1. The Balaban J connectivity index is 0.00000243. The highest BCUT2D eigenvalue weighted by Gasteiger charge is 2.20. The molecule has 1 aliphatic heterocycles. The van der Waals surface area contributed by atoms with Gasteiger partial charge in [0.25, 0.3) is 0 Å². The van der Waals surface area contributed by atoms with Crippen LogP contribution < -0.4 is 15.5 Å². The average Bonchev–Trinajstić information content (AvgIpc) is 2.97. The molecule has 0 bridgehead atoms. The molecule has 142 valence electrons. The van der Waals surface area contributed by atoms with Crippen LogP contribution in [0.3, 0.4) is 0 Å². The molecule has 6 nitrogen and oxygen atoms in total. The Morgan fingerprint density at radius 1 is 1.31 bits per heavy atom. The zero-order chi connectivity index (χ0) is 17.6. The Kier molecular flexibility index (Phi) is 8.08. The van der Waals surface area contributed by atoms with Crippen molar-refractivity contribution >= 4 is 47.1 Å². The predicted molar refractivity (Wildman–Crippen MR) is 120 cm³/mol. The highest BCUT2D eigenvalue weighted by Crippen LogP contribution is 2.18. The monoisotopic (exact) mass is 486 g/mol. The van der Waals surface area contributed by atoms with Crippen LogP contribution in [0.1, 0.15) is 28.4 Å². The molecule has 0 unspecified atom stereocenters. The highest BCUT2D eigenvalue weighted by atomic mass is 127. The van der Waals surface area contributed by atoms with E-state index >= 15 is 0 Å². The normalized spacial score (nSPS) is 15.5. The van der Waals surface area contributed by atoms with Gasteiger partial charge in [0, 0.05) is 37.3 Å². The van der Waals surface area contributed by atoms with Crippen molar-refractivity contribution < 1.29 is 0 Å². The SMILES string of the molecule is CN=C(NCc1nc(C)c(C)s1)NC1CCN(c2ccccn2)CC1.I. The van der Waals surface area contributed by atoms with E-state index in [1.54, 1.807) is 11.3 Å². The second kappa shape index (κ2) is 10.1. The van der Waals surface area contributed by atoms with E-state index in [0.717, 1.165) is 48.4 Å². The maximum Gasteiger partial charge on any atom is 0.191 e. The number of rotatable bonds is 4. The molecular formula is C18H27IN6S. The van der Waals surface area contributed by atoms with Crippen molar-refractivity contribution in [2.24, 2.45) is 4.99 Å². The first-order chi connectivity index (χ1) is 12.2. The molecule has 2 aromatic rings. The average molecular weight is 486 g/mol. The molecular weight excluding hydrogens is 459 g/mol. The Labute approximate surface area is 176 Å². The van der Waals surface area contributed by atoms with Gasteiger partial charge in [-0.05, 0) is 38.8 Å². The minimum atomic E-state index is 0. The molecule has 0 amide bonds. The molecule has 1 aliphatic rings. The molecule has 3 heterocycles. The Bertz CT molecular complexity index is 690. The molecule has 0 atom stereocenters. The summed E-state index contributed by atoms with van der Waals surface area (Å²) in [6, 6.07) is 6.51. The number of aryl methyl sites for hydroxylation is 2. The van der Waals surface area contributed by atoms with Gasteiger partial charge in [-0.1, -0.05) is 6.07 Å². The largest absolute Gasteiger partial charge is 0.356 e. The van der Waals surface area contributed by atoms with Gasteiger partial charge in [0.05, 0.1) is 12.2 Å². The fraction of sp³-hybridized carbons (Fsp3) is 0.500. The summed E-state index contributed by atoms with van der Waals surface area (Å²) in [5.74, 6) is 1.92. The molecule has 0 saturated carbocycles. The van der Waals surface area contributed by atoms with Crippen molar-refractivity contribution in [1.82, 2.24) is 20.6 Å². The summed E-state index contributed by atoms with van der Waals surface area (Å²) >= 11 is 1.74. The van der Waals surface area contributed by atoms with Gasteiger partial charge in [-0.3, -0.25) is 4.99 Å². The van der Waals surface area contributed by atoms with Crippen molar-refractivity contribution in [3.63, 3.8) is 0 Å². The van der Waals surface area contributed by atoms with Crippen LogP contribution in [0.5, 0.6) is 0 Å². The van der Waals surface area contributed by atoms with Crippen LogP contribution in [-0.2, 0) is 6.54 Å². The Morgan fingerprint density at radius 2 is 2.08 bits per heavy atom. The van der Waals surface area contributed by atoms with Crippen molar-refractivity contribution in [3.05, 3.63) is 40.0 Å². The van der Waals surface area contributed by atoms with Gasteiger partial charge in [0.2, 0.25) is 0 Å². The fourth-order valence-electron chi connectivity index (χ4n) is 2.96. The van der Waals surface area contributed by atoms with Gasteiger partial charge in [-0.15, -0.1) is 35.3 Å². The van der Waals surface area contributed by atoms with Gasteiger partial charge < -0.3 is 15.5 Å². The third kappa shape index (κ3) is 5.54. The first kappa shape index (κ1) is 20.9. The summed E-state index contributed by atoms with van der Waals surface area (Å²) < 4.78 is 0. The summed E-state index contributed by atoms with van der Waals surface area (Å²) in [6.07, 6.45) is 4.01. The number of nitrogens with one attached hydrogen (secondary N) is 2. The van der Waals surface area contributed by atoms with E-state index in [1.165, 1.54) is 4.88 Å². The number of hydrogen-bond donors (Lipinski definition) is 2. The quantitative estimate of drug-likeness (QED) is 0.395. The van der Waals surface area contributed by atoms with Crippen molar-refractivity contribution in [1.29, 1.82) is 0 Å². The lowest BCUT2D eigenvalue weighted by atomic mass is 10.1. The molecule has 8 heteroatoms. The van der Waals surface area contributed by atoms with E-state index in [2.05, 4.69) is 50.4 Å². The molecule has 3 rings (SSSR count). The number of guanidine groups is 1. The van der Waals surface area contributed by atoms with Gasteiger partial charge in [-0.2, -0.15) is 0 Å². The fourth-order valence-corrected chi connectivity index (χ4v) is 3.83. The second-order valence-electron chi connectivity index (χ2n) is 6.27. The van der Waals surface area contributed by atoms with E-state index in [1.807, 2.05) is 25.4 Å². The van der Waals surface area contributed by atoms with Gasteiger partial charge in [-0.25, -0.2) is 9.97 Å². The topological polar surface area (TPSA) is 65.4 Å². The molecule has 1 saturated heterocycles. The molecule has 2 aromatic heterocycles. The number of pyridine rings is 1. The lowest BCUT2D eigenvalue weighted by Gasteiger charge is -2.33. The minimum Gasteiger partial charge on any atom is -0.356 e. The summed E-state index contributed by atoms with van der Waals surface area (Å²) in [5, 5.41) is 8.02. The number of thiazole rings is 1. The van der Waals surface area contributed by atoms with E-state index in [4.69, 9.17) is 0 Å². The number of halogens is 1. The third-order valence-corrected chi connectivity index (χ3v) is 5.59. The zero-order valence-electron chi connectivity index (χ0n) is 15.5. The number of aromatic nitrogens is 2. The first-order valence-electron chi connectivity index (χ1n) is 8.72. The predicted octanol–water partition coefficient (Wildman–Crippen LogP) is 3.11. The Hall–Kier alpha value is -1.42. The van der Waals surface area contributed by atoms with Gasteiger partial charge in [0.15, 0.2) is 5.96 Å². The summed E-state index contributed by atoms with van der Waals surface area (Å²) in [6.45, 7) is 6.90.